The first-order valence-electron chi connectivity index (χ1n) is 7.80. The van der Waals surface area contributed by atoms with Crippen LogP contribution in [0.25, 0.3) is 0 Å². The summed E-state index contributed by atoms with van der Waals surface area (Å²) in [7, 11) is 0. The average molecular weight is 322 g/mol. The third kappa shape index (κ3) is 3.15. The Balaban J connectivity index is 1.93. The van der Waals surface area contributed by atoms with Crippen LogP contribution in [0.2, 0.25) is 0 Å². The molecule has 0 unspecified atom stereocenters. The normalized spacial score (nSPS) is 14.0. The van der Waals surface area contributed by atoms with Crippen molar-refractivity contribution in [2.45, 2.75) is 6.92 Å². The summed E-state index contributed by atoms with van der Waals surface area (Å²) in [4.78, 5) is 26.6. The van der Waals surface area contributed by atoms with Crippen molar-refractivity contribution in [2.24, 2.45) is 0 Å². The Labute approximate surface area is 140 Å². The van der Waals surface area contributed by atoms with E-state index < -0.39 is 5.97 Å². The van der Waals surface area contributed by atoms with Gasteiger partial charge in [-0.2, -0.15) is 0 Å². The van der Waals surface area contributed by atoms with Crippen molar-refractivity contribution in [1.29, 1.82) is 0 Å². The highest BCUT2D eigenvalue weighted by molar-refractivity contribution is 6.25. The zero-order chi connectivity index (χ0) is 16.9. The van der Waals surface area contributed by atoms with E-state index in [2.05, 4.69) is 5.32 Å². The maximum atomic E-state index is 12.8. The number of esters is 1. The van der Waals surface area contributed by atoms with Gasteiger partial charge in [-0.1, -0.05) is 36.4 Å². The van der Waals surface area contributed by atoms with Gasteiger partial charge in [0.25, 0.3) is 5.91 Å². The number of para-hydroxylation sites is 2. The lowest BCUT2D eigenvalue weighted by Gasteiger charge is -2.16. The number of nitrogens with one attached hydrogen (secondary N) is 1. The summed E-state index contributed by atoms with van der Waals surface area (Å²) in [6.45, 7) is 2.24. The number of hydrogen-bond donors (Lipinski definition) is 1. The molecule has 0 bridgehead atoms. The number of rotatable bonds is 5. The Hall–Kier alpha value is -3.08. The number of amides is 1. The van der Waals surface area contributed by atoms with Crippen molar-refractivity contribution in [2.75, 3.05) is 23.4 Å². The Kier molecular flexibility index (Phi) is 4.61. The van der Waals surface area contributed by atoms with Crippen LogP contribution in [-0.4, -0.2) is 25.0 Å². The molecule has 122 valence electrons. The number of ether oxygens (including phenoxy) is 1. The number of carbonyl (C=O) groups excluding carboxylic acids is 2. The molecule has 2 aromatic rings. The van der Waals surface area contributed by atoms with Crippen LogP contribution in [0.4, 0.5) is 11.4 Å². The summed E-state index contributed by atoms with van der Waals surface area (Å²) < 4.78 is 5.06. The lowest BCUT2D eigenvalue weighted by Crippen LogP contribution is -2.29. The van der Waals surface area contributed by atoms with Crippen LogP contribution >= 0.6 is 0 Å². The summed E-state index contributed by atoms with van der Waals surface area (Å²) in [6.07, 6.45) is 0. The molecule has 1 amide bonds. The Morgan fingerprint density at radius 1 is 1.08 bits per heavy atom. The predicted molar refractivity (Wildman–Crippen MR) is 92.5 cm³/mol. The van der Waals surface area contributed by atoms with Crippen LogP contribution in [0.3, 0.4) is 0 Å². The Bertz CT molecular complexity index is 770. The van der Waals surface area contributed by atoms with Crippen molar-refractivity contribution < 1.29 is 14.3 Å². The standard InChI is InChI=1S/C19H18N2O3/c1-2-24-19(23)17-16(20-14-9-5-3-6-10-14)13-21(18(17)22)15-11-7-4-8-12-15/h3-12,20H,2,13H2,1H3. The van der Waals surface area contributed by atoms with Gasteiger partial charge in [-0.25, -0.2) is 4.79 Å². The first-order valence-corrected chi connectivity index (χ1v) is 7.80. The topological polar surface area (TPSA) is 58.6 Å². The number of anilines is 2. The molecule has 0 radical (unpaired) electrons. The summed E-state index contributed by atoms with van der Waals surface area (Å²) in [6, 6.07) is 18.7. The number of benzene rings is 2. The van der Waals surface area contributed by atoms with E-state index in [9.17, 15) is 9.59 Å². The number of carbonyl (C=O) groups is 2. The van der Waals surface area contributed by atoms with Crippen LogP contribution in [0.5, 0.6) is 0 Å². The lowest BCUT2D eigenvalue weighted by atomic mass is 10.2. The minimum absolute atomic E-state index is 0.0598. The van der Waals surface area contributed by atoms with Gasteiger partial charge in [0, 0.05) is 11.4 Å². The minimum Gasteiger partial charge on any atom is -0.462 e. The summed E-state index contributed by atoms with van der Waals surface area (Å²) in [5, 5.41) is 3.18. The monoisotopic (exact) mass is 322 g/mol. The second kappa shape index (κ2) is 7.00. The maximum Gasteiger partial charge on any atom is 0.345 e. The van der Waals surface area contributed by atoms with Crippen LogP contribution in [-0.2, 0) is 14.3 Å². The lowest BCUT2D eigenvalue weighted by molar-refractivity contribution is -0.139. The van der Waals surface area contributed by atoms with Gasteiger partial charge in [0.05, 0.1) is 18.8 Å². The van der Waals surface area contributed by atoms with E-state index in [4.69, 9.17) is 4.74 Å². The van der Waals surface area contributed by atoms with Crippen LogP contribution in [0.15, 0.2) is 71.9 Å². The molecular weight excluding hydrogens is 304 g/mol. The molecule has 0 atom stereocenters. The zero-order valence-electron chi connectivity index (χ0n) is 13.4. The second-order valence-corrected chi connectivity index (χ2v) is 5.29. The van der Waals surface area contributed by atoms with Gasteiger partial charge in [-0.05, 0) is 31.2 Å². The van der Waals surface area contributed by atoms with Gasteiger partial charge in [0.2, 0.25) is 0 Å². The molecular formula is C19H18N2O3. The molecule has 1 heterocycles. The summed E-state index contributed by atoms with van der Waals surface area (Å²) >= 11 is 0. The minimum atomic E-state index is -0.598. The molecule has 0 saturated heterocycles. The van der Waals surface area contributed by atoms with E-state index in [-0.39, 0.29) is 18.1 Å². The molecule has 5 nitrogen and oxygen atoms in total. The first-order chi connectivity index (χ1) is 11.7. The van der Waals surface area contributed by atoms with E-state index in [1.54, 1.807) is 11.8 Å². The molecule has 1 N–H and O–H groups in total. The van der Waals surface area contributed by atoms with Crippen molar-refractivity contribution in [3.05, 3.63) is 71.9 Å². The van der Waals surface area contributed by atoms with Gasteiger partial charge >= 0.3 is 5.97 Å². The third-order valence-corrected chi connectivity index (χ3v) is 3.69. The van der Waals surface area contributed by atoms with E-state index in [1.807, 2.05) is 60.7 Å². The molecule has 0 spiro atoms. The molecule has 5 heteroatoms. The third-order valence-electron chi connectivity index (χ3n) is 3.69. The molecule has 2 aromatic carbocycles. The fourth-order valence-electron chi connectivity index (χ4n) is 2.60. The van der Waals surface area contributed by atoms with Crippen LogP contribution in [0.1, 0.15) is 6.92 Å². The molecule has 0 aliphatic carbocycles. The highest BCUT2D eigenvalue weighted by Gasteiger charge is 2.36. The number of hydrogen-bond acceptors (Lipinski definition) is 4. The molecule has 0 saturated carbocycles. The summed E-state index contributed by atoms with van der Waals surface area (Å²) in [5.41, 5.74) is 2.17. The second-order valence-electron chi connectivity index (χ2n) is 5.29. The van der Waals surface area contributed by atoms with Gasteiger partial charge < -0.3 is 15.0 Å². The average Bonchev–Trinajstić information content (AvgIpc) is 2.93. The molecule has 0 fully saturated rings. The van der Waals surface area contributed by atoms with Crippen molar-refractivity contribution in [1.82, 2.24) is 0 Å². The molecule has 1 aliphatic rings. The first kappa shape index (κ1) is 15.8. The Morgan fingerprint density at radius 2 is 1.71 bits per heavy atom. The Morgan fingerprint density at radius 3 is 2.33 bits per heavy atom. The molecule has 24 heavy (non-hydrogen) atoms. The van der Waals surface area contributed by atoms with E-state index in [0.29, 0.717) is 12.2 Å². The van der Waals surface area contributed by atoms with Gasteiger partial charge in [-0.3, -0.25) is 4.79 Å². The highest BCUT2D eigenvalue weighted by atomic mass is 16.5. The van der Waals surface area contributed by atoms with Crippen LogP contribution in [0, 0.1) is 0 Å². The molecule has 0 aromatic heterocycles. The quantitative estimate of drug-likeness (QED) is 0.679. The van der Waals surface area contributed by atoms with E-state index >= 15 is 0 Å². The van der Waals surface area contributed by atoms with Gasteiger partial charge in [-0.15, -0.1) is 0 Å². The van der Waals surface area contributed by atoms with Crippen molar-refractivity contribution >= 4 is 23.3 Å². The van der Waals surface area contributed by atoms with Gasteiger partial charge in [0.1, 0.15) is 5.57 Å². The molecule has 3 rings (SSSR count). The van der Waals surface area contributed by atoms with Crippen molar-refractivity contribution in [3.8, 4) is 0 Å². The predicted octanol–water partition coefficient (Wildman–Crippen LogP) is 2.96. The number of nitrogens with zero attached hydrogens (tertiary/aromatic N) is 1. The van der Waals surface area contributed by atoms with Gasteiger partial charge in [0.15, 0.2) is 0 Å². The van der Waals surface area contributed by atoms with Crippen LogP contribution < -0.4 is 10.2 Å². The highest BCUT2D eigenvalue weighted by Crippen LogP contribution is 2.27. The summed E-state index contributed by atoms with van der Waals surface area (Å²) in [5.74, 6) is -0.947. The maximum absolute atomic E-state index is 12.8. The fourth-order valence-corrected chi connectivity index (χ4v) is 2.60. The zero-order valence-corrected chi connectivity index (χ0v) is 13.4. The van der Waals surface area contributed by atoms with E-state index in [0.717, 1.165) is 11.4 Å². The fraction of sp³-hybridized carbons (Fsp3) is 0.158. The van der Waals surface area contributed by atoms with Crippen molar-refractivity contribution in [3.63, 3.8) is 0 Å². The largest absolute Gasteiger partial charge is 0.462 e. The smallest absolute Gasteiger partial charge is 0.345 e. The SMILES string of the molecule is CCOC(=O)C1=C(Nc2ccccc2)CN(c2ccccc2)C1=O. The molecule has 1 aliphatic heterocycles. The van der Waals surface area contributed by atoms with E-state index in [1.165, 1.54) is 0 Å².